The lowest BCUT2D eigenvalue weighted by molar-refractivity contribution is -0.105. The highest BCUT2D eigenvalue weighted by molar-refractivity contribution is 5.98. The van der Waals surface area contributed by atoms with Gasteiger partial charge < -0.3 is 21.1 Å². The fourth-order valence-electron chi connectivity index (χ4n) is 3.62. The van der Waals surface area contributed by atoms with Crippen molar-refractivity contribution in [3.63, 3.8) is 0 Å². The van der Waals surface area contributed by atoms with Gasteiger partial charge in [0.25, 0.3) is 0 Å². The minimum Gasteiger partial charge on any atom is -0.478 e. The highest BCUT2D eigenvalue weighted by atomic mass is 16.4. The van der Waals surface area contributed by atoms with Crippen LogP contribution in [0.15, 0.2) is 104 Å². The van der Waals surface area contributed by atoms with Crippen LogP contribution in [0.5, 0.6) is 0 Å². The molecule has 0 bridgehead atoms. The molecule has 184 valence electrons. The molecule has 8 heteroatoms. The Hall–Kier alpha value is -5.24. The number of benzene rings is 3. The Morgan fingerprint density at radius 3 is 2.24 bits per heavy atom. The van der Waals surface area contributed by atoms with Gasteiger partial charge in [0.2, 0.25) is 6.41 Å². The van der Waals surface area contributed by atoms with Crippen LogP contribution < -0.4 is 16.0 Å². The van der Waals surface area contributed by atoms with Crippen LogP contribution in [-0.2, 0) is 4.79 Å². The summed E-state index contributed by atoms with van der Waals surface area (Å²) in [6.07, 6.45) is 5.80. The van der Waals surface area contributed by atoms with Gasteiger partial charge in [-0.1, -0.05) is 18.2 Å². The normalized spacial score (nSPS) is 10.1. The van der Waals surface area contributed by atoms with E-state index in [4.69, 9.17) is 5.11 Å². The zero-order valence-electron chi connectivity index (χ0n) is 20.1. The van der Waals surface area contributed by atoms with Crippen molar-refractivity contribution in [1.29, 1.82) is 0 Å². The average molecular weight is 492 g/mol. The fraction of sp³-hybridized carbons (Fsp3) is 0.0345. The second-order valence-electron chi connectivity index (χ2n) is 8.09. The van der Waals surface area contributed by atoms with Crippen LogP contribution in [0.3, 0.4) is 0 Å². The van der Waals surface area contributed by atoms with Crippen LogP contribution in [-0.4, -0.2) is 27.5 Å². The summed E-state index contributed by atoms with van der Waals surface area (Å²) in [5.41, 5.74) is 6.60. The van der Waals surface area contributed by atoms with E-state index >= 15 is 0 Å². The van der Waals surface area contributed by atoms with E-state index in [0.717, 1.165) is 44.9 Å². The second-order valence-corrected chi connectivity index (χ2v) is 8.09. The van der Waals surface area contributed by atoms with Crippen molar-refractivity contribution in [3.05, 3.63) is 115 Å². The molecule has 0 aliphatic heterocycles. The molecule has 1 amide bonds. The molecule has 0 spiro atoms. The standard InChI is InChI=1S/C17H14N2O2.C12H11N3O/c1-11-3-2-4-13(9-11)19-16-7-8-18-15-6-5-12(17(20)21)10-14(15)16;16-9-14-11-2-1-3-12(8-11)15-10-4-6-13-7-5-10/h2-10H,1H3,(H,18,19)(H,20,21);1-9H,(H,13,15)(H,14,16). The number of carbonyl (C=O) groups excluding carboxylic acids is 1. The Kier molecular flexibility index (Phi) is 8.03. The first-order valence-electron chi connectivity index (χ1n) is 11.4. The number of aryl methyl sites for hydroxylation is 1. The van der Waals surface area contributed by atoms with Gasteiger partial charge in [-0.25, -0.2) is 4.79 Å². The molecule has 37 heavy (non-hydrogen) atoms. The number of carboxylic acids is 1. The Balaban J connectivity index is 0.000000180. The number of nitrogens with zero attached hydrogens (tertiary/aromatic N) is 2. The zero-order chi connectivity index (χ0) is 26.0. The molecule has 4 N–H and O–H groups in total. The summed E-state index contributed by atoms with van der Waals surface area (Å²) in [4.78, 5) is 29.6. The van der Waals surface area contributed by atoms with Crippen LogP contribution >= 0.6 is 0 Å². The van der Waals surface area contributed by atoms with E-state index in [1.54, 1.807) is 36.8 Å². The number of carbonyl (C=O) groups is 2. The number of rotatable bonds is 7. The fourth-order valence-corrected chi connectivity index (χ4v) is 3.62. The van der Waals surface area contributed by atoms with Crippen LogP contribution in [0.1, 0.15) is 15.9 Å². The Labute approximate surface area is 214 Å². The van der Waals surface area contributed by atoms with Gasteiger partial charge in [-0.05, 0) is 79.2 Å². The van der Waals surface area contributed by atoms with Crippen LogP contribution in [0.25, 0.3) is 10.9 Å². The third-order valence-electron chi connectivity index (χ3n) is 5.34. The highest BCUT2D eigenvalue weighted by Gasteiger charge is 2.08. The van der Waals surface area contributed by atoms with Crippen LogP contribution in [0.4, 0.5) is 28.4 Å². The lowest BCUT2D eigenvalue weighted by Gasteiger charge is -2.10. The van der Waals surface area contributed by atoms with Gasteiger partial charge >= 0.3 is 5.97 Å². The van der Waals surface area contributed by atoms with E-state index < -0.39 is 5.97 Å². The number of amides is 1. The van der Waals surface area contributed by atoms with E-state index in [1.807, 2.05) is 73.7 Å². The van der Waals surface area contributed by atoms with Gasteiger partial charge in [-0.3, -0.25) is 14.8 Å². The van der Waals surface area contributed by atoms with Crippen LogP contribution in [0, 0.1) is 6.92 Å². The highest BCUT2D eigenvalue weighted by Crippen LogP contribution is 2.26. The molecule has 8 nitrogen and oxygen atoms in total. The monoisotopic (exact) mass is 491 g/mol. The van der Waals surface area contributed by atoms with Crippen molar-refractivity contribution in [2.45, 2.75) is 6.92 Å². The molecule has 0 aliphatic rings. The van der Waals surface area contributed by atoms with Gasteiger partial charge in [-0.15, -0.1) is 0 Å². The molecule has 2 heterocycles. The Morgan fingerprint density at radius 1 is 0.784 bits per heavy atom. The van der Waals surface area contributed by atoms with Gasteiger partial charge in [0, 0.05) is 52.4 Å². The number of nitrogens with one attached hydrogen (secondary N) is 3. The van der Waals surface area contributed by atoms with E-state index in [-0.39, 0.29) is 5.56 Å². The van der Waals surface area contributed by atoms with Crippen molar-refractivity contribution in [3.8, 4) is 0 Å². The molecule has 2 aromatic heterocycles. The molecule has 0 radical (unpaired) electrons. The molecule has 3 aromatic carbocycles. The molecule has 0 fully saturated rings. The second kappa shape index (κ2) is 11.9. The van der Waals surface area contributed by atoms with Gasteiger partial charge in [0.1, 0.15) is 0 Å². The lowest BCUT2D eigenvalue weighted by atomic mass is 10.1. The molecule has 0 saturated heterocycles. The van der Waals surface area contributed by atoms with E-state index in [0.29, 0.717) is 6.41 Å². The van der Waals surface area contributed by atoms with Gasteiger partial charge in [0.15, 0.2) is 0 Å². The maximum Gasteiger partial charge on any atom is 0.335 e. The predicted octanol–water partition coefficient (Wildman–Crippen LogP) is 6.38. The average Bonchev–Trinajstić information content (AvgIpc) is 2.90. The number of fused-ring (bicyclic) bond motifs is 1. The molecular formula is C29H25N5O3. The molecule has 5 aromatic rings. The predicted molar refractivity (Wildman–Crippen MR) is 147 cm³/mol. The van der Waals surface area contributed by atoms with Crippen LogP contribution in [0.2, 0.25) is 0 Å². The smallest absolute Gasteiger partial charge is 0.335 e. The first-order chi connectivity index (χ1) is 18.0. The third kappa shape index (κ3) is 6.89. The molecule has 0 unspecified atom stereocenters. The topological polar surface area (TPSA) is 116 Å². The van der Waals surface area contributed by atoms with E-state index in [2.05, 4.69) is 25.9 Å². The number of aromatic nitrogens is 2. The molecule has 0 aliphatic carbocycles. The summed E-state index contributed by atoms with van der Waals surface area (Å²) >= 11 is 0. The number of anilines is 5. The number of pyridine rings is 2. The summed E-state index contributed by atoms with van der Waals surface area (Å²) in [7, 11) is 0. The maximum absolute atomic E-state index is 11.1. The largest absolute Gasteiger partial charge is 0.478 e. The first kappa shape index (κ1) is 24.9. The summed E-state index contributed by atoms with van der Waals surface area (Å²) in [6.45, 7) is 2.03. The quantitative estimate of drug-likeness (QED) is 0.195. The third-order valence-corrected chi connectivity index (χ3v) is 5.34. The lowest BCUT2D eigenvalue weighted by Crippen LogP contribution is -1.98. The number of aromatic carboxylic acids is 1. The molecular weight excluding hydrogens is 466 g/mol. The zero-order valence-corrected chi connectivity index (χ0v) is 20.1. The first-order valence-corrected chi connectivity index (χ1v) is 11.4. The number of hydrogen-bond donors (Lipinski definition) is 4. The summed E-state index contributed by atoms with van der Waals surface area (Å²) < 4.78 is 0. The summed E-state index contributed by atoms with van der Waals surface area (Å²) in [6, 6.07) is 26.0. The van der Waals surface area contributed by atoms with E-state index in [1.165, 1.54) is 0 Å². The van der Waals surface area contributed by atoms with Crippen molar-refractivity contribution in [2.75, 3.05) is 16.0 Å². The Bertz CT molecular complexity index is 1520. The number of hydrogen-bond acceptors (Lipinski definition) is 6. The SMILES string of the molecule is Cc1cccc(Nc2ccnc3ccc(C(=O)O)cc23)c1.O=CNc1cccc(Nc2ccncc2)c1. The van der Waals surface area contributed by atoms with Crippen molar-refractivity contribution in [2.24, 2.45) is 0 Å². The van der Waals surface area contributed by atoms with Crippen molar-refractivity contribution >= 4 is 51.7 Å². The van der Waals surface area contributed by atoms with Gasteiger partial charge in [-0.2, -0.15) is 0 Å². The molecule has 0 atom stereocenters. The van der Waals surface area contributed by atoms with Crippen molar-refractivity contribution in [1.82, 2.24) is 9.97 Å². The Morgan fingerprint density at radius 2 is 1.51 bits per heavy atom. The van der Waals surface area contributed by atoms with Gasteiger partial charge in [0.05, 0.1) is 11.1 Å². The molecule has 0 saturated carbocycles. The van der Waals surface area contributed by atoms with E-state index in [9.17, 15) is 9.59 Å². The summed E-state index contributed by atoms with van der Waals surface area (Å²) in [5, 5.41) is 19.0. The maximum atomic E-state index is 11.1. The van der Waals surface area contributed by atoms with Crippen molar-refractivity contribution < 1.29 is 14.7 Å². The minimum absolute atomic E-state index is 0.253. The minimum atomic E-state index is -0.942. The summed E-state index contributed by atoms with van der Waals surface area (Å²) in [5.74, 6) is -0.942. The molecule has 5 rings (SSSR count). The number of carboxylic acid groups (broad SMARTS) is 1.